The van der Waals surface area contributed by atoms with Crippen molar-refractivity contribution in [2.24, 2.45) is 63.1 Å². The second kappa shape index (κ2) is 9.98. The normalized spacial score (nSPS) is 50.1. The summed E-state index contributed by atoms with van der Waals surface area (Å²) >= 11 is 0. The molecule has 0 aliphatic heterocycles. The van der Waals surface area contributed by atoms with Crippen LogP contribution in [0.15, 0.2) is 23.5 Å². The molecule has 6 fully saturated rings. The van der Waals surface area contributed by atoms with Gasteiger partial charge in [-0.1, -0.05) is 39.7 Å². The lowest BCUT2D eigenvalue weighted by atomic mass is 9.45. The van der Waals surface area contributed by atoms with Crippen molar-refractivity contribution in [2.75, 3.05) is 0 Å². The molecule has 0 saturated heterocycles. The van der Waals surface area contributed by atoms with E-state index < -0.39 is 11.2 Å². The average molecular weight is 589 g/mol. The number of fused-ring (bicyclic) bond motifs is 10. The van der Waals surface area contributed by atoms with E-state index in [0.717, 1.165) is 57.8 Å². The van der Waals surface area contributed by atoms with Crippen LogP contribution >= 0.6 is 0 Å². The van der Waals surface area contributed by atoms with E-state index in [1.54, 1.807) is 0 Å². The molecule has 0 amide bonds. The van der Waals surface area contributed by atoms with Crippen LogP contribution in [0, 0.1) is 63.1 Å². The molecule has 0 bridgehead atoms. The van der Waals surface area contributed by atoms with Crippen LogP contribution in [0.1, 0.15) is 124 Å². The van der Waals surface area contributed by atoms with Crippen molar-refractivity contribution in [3.8, 4) is 0 Å². The fourth-order valence-corrected chi connectivity index (χ4v) is 13.0. The van der Waals surface area contributed by atoms with E-state index in [9.17, 15) is 24.3 Å². The third-order valence-corrected chi connectivity index (χ3v) is 15.5. The van der Waals surface area contributed by atoms with Crippen LogP contribution in [0.2, 0.25) is 0 Å². The van der Waals surface area contributed by atoms with Gasteiger partial charge in [0.05, 0.1) is 0 Å². The minimum Gasteiger partial charge on any atom is -0.512 e. The van der Waals surface area contributed by atoms with Gasteiger partial charge in [0.25, 0.3) is 0 Å². The molecule has 0 spiro atoms. The molecular formula is C38H52O5. The standard InChI is InChI=1S/C19H26O3.C19H26O2/c1-18-8-3-4-12(18)11-5-6-14-15(20)10-16(21)17(22)19(14,2)13(11)7-9-18;1-18-9-7-13(20)11-12(18)3-4-14-15-5-6-17(21)19(15,2)10-8-16(14)18/h10-14,20H,3-9H2,1-2H3;11,14-16H,3-10H2,1-2H3/t11-,12-,13-,14?,18-,19+;14-,15-,16-,18-,19-/m00/s1. The van der Waals surface area contributed by atoms with Crippen LogP contribution < -0.4 is 0 Å². The highest BCUT2D eigenvalue weighted by molar-refractivity contribution is 6.44. The Labute approximate surface area is 257 Å². The number of carbonyl (C=O) groups is 4. The number of allylic oxidation sites excluding steroid dienone is 3. The fourth-order valence-electron chi connectivity index (χ4n) is 13.0. The van der Waals surface area contributed by atoms with Crippen LogP contribution in [-0.4, -0.2) is 28.2 Å². The second-order valence-corrected chi connectivity index (χ2v) is 17.0. The first-order valence-electron chi connectivity index (χ1n) is 17.6. The third-order valence-electron chi connectivity index (χ3n) is 15.5. The number of hydrogen-bond acceptors (Lipinski definition) is 5. The number of hydrogen-bond donors (Lipinski definition) is 1. The van der Waals surface area contributed by atoms with Gasteiger partial charge in [-0.15, -0.1) is 0 Å². The Balaban J connectivity index is 0.000000140. The van der Waals surface area contributed by atoms with E-state index in [-0.39, 0.29) is 34.2 Å². The summed E-state index contributed by atoms with van der Waals surface area (Å²) < 4.78 is 0. The number of Topliss-reactive ketones (excluding diaryl/α,β-unsaturated/α-hetero) is 2. The van der Waals surface area contributed by atoms with E-state index in [2.05, 4.69) is 20.8 Å². The smallest absolute Gasteiger partial charge is 0.225 e. The second-order valence-electron chi connectivity index (χ2n) is 17.0. The predicted molar refractivity (Wildman–Crippen MR) is 165 cm³/mol. The van der Waals surface area contributed by atoms with Gasteiger partial charge in [0.15, 0.2) is 5.78 Å². The zero-order chi connectivity index (χ0) is 30.5. The van der Waals surface area contributed by atoms with E-state index in [1.807, 2.05) is 13.0 Å². The maximum atomic E-state index is 12.7. The quantitative estimate of drug-likeness (QED) is 0.291. The lowest BCUT2D eigenvalue weighted by molar-refractivity contribution is -0.156. The van der Waals surface area contributed by atoms with Gasteiger partial charge in [0.2, 0.25) is 11.6 Å². The Kier molecular flexibility index (Phi) is 6.88. The van der Waals surface area contributed by atoms with Crippen molar-refractivity contribution >= 4 is 23.1 Å². The minimum atomic E-state index is -0.664. The van der Waals surface area contributed by atoms with Gasteiger partial charge in [-0.2, -0.15) is 0 Å². The topological polar surface area (TPSA) is 88.5 Å². The molecule has 1 N–H and O–H groups in total. The Morgan fingerprint density at radius 3 is 2.16 bits per heavy atom. The maximum Gasteiger partial charge on any atom is 0.225 e. The lowest BCUT2D eigenvalue weighted by Gasteiger charge is -2.57. The molecule has 43 heavy (non-hydrogen) atoms. The zero-order valence-electron chi connectivity index (χ0n) is 26.9. The summed E-state index contributed by atoms with van der Waals surface area (Å²) in [7, 11) is 0. The Bertz CT molecular complexity index is 1320. The van der Waals surface area contributed by atoms with Crippen molar-refractivity contribution in [1.29, 1.82) is 0 Å². The van der Waals surface area contributed by atoms with Crippen molar-refractivity contribution in [1.82, 2.24) is 0 Å². The van der Waals surface area contributed by atoms with Crippen molar-refractivity contribution in [3.05, 3.63) is 23.5 Å². The summed E-state index contributed by atoms with van der Waals surface area (Å²) in [5, 5.41) is 10.3. The molecule has 0 radical (unpaired) electrons. The molecule has 8 rings (SSSR count). The monoisotopic (exact) mass is 588 g/mol. The first-order chi connectivity index (χ1) is 20.3. The highest BCUT2D eigenvalue weighted by Gasteiger charge is 2.62. The highest BCUT2D eigenvalue weighted by Crippen LogP contribution is 2.66. The number of carbonyl (C=O) groups excluding carboxylic acids is 4. The van der Waals surface area contributed by atoms with Gasteiger partial charge in [0.1, 0.15) is 11.5 Å². The summed E-state index contributed by atoms with van der Waals surface area (Å²) in [6.45, 7) is 9.04. The van der Waals surface area contributed by atoms with Crippen LogP contribution in [0.4, 0.5) is 0 Å². The molecule has 0 aromatic carbocycles. The Hall–Kier alpha value is -2.04. The zero-order valence-corrected chi connectivity index (χ0v) is 26.9. The van der Waals surface area contributed by atoms with Gasteiger partial charge in [-0.3, -0.25) is 19.2 Å². The van der Waals surface area contributed by atoms with Crippen LogP contribution in [0.5, 0.6) is 0 Å². The maximum absolute atomic E-state index is 12.7. The summed E-state index contributed by atoms with van der Waals surface area (Å²) in [5.74, 6) is 3.71. The van der Waals surface area contributed by atoms with Gasteiger partial charge in [-0.25, -0.2) is 0 Å². The van der Waals surface area contributed by atoms with Crippen LogP contribution in [0.3, 0.4) is 0 Å². The Morgan fingerprint density at radius 2 is 1.37 bits per heavy atom. The lowest BCUT2D eigenvalue weighted by Crippen LogP contribution is -2.57. The molecule has 8 aliphatic rings. The van der Waals surface area contributed by atoms with Gasteiger partial charge in [0, 0.05) is 35.7 Å². The number of ketones is 4. The fraction of sp³-hybridized carbons (Fsp3) is 0.789. The molecule has 6 saturated carbocycles. The van der Waals surface area contributed by atoms with Crippen LogP contribution in [-0.2, 0) is 19.2 Å². The molecule has 11 atom stereocenters. The van der Waals surface area contributed by atoms with Gasteiger partial charge < -0.3 is 5.11 Å². The number of aliphatic hydroxyl groups excluding tert-OH is 1. The van der Waals surface area contributed by atoms with Gasteiger partial charge >= 0.3 is 0 Å². The first kappa shape index (κ1) is 29.7. The molecule has 5 nitrogen and oxygen atoms in total. The Morgan fingerprint density at radius 1 is 0.651 bits per heavy atom. The molecule has 8 aliphatic carbocycles. The van der Waals surface area contributed by atoms with Crippen molar-refractivity contribution in [3.63, 3.8) is 0 Å². The summed E-state index contributed by atoms with van der Waals surface area (Å²) in [5.41, 5.74) is 1.42. The predicted octanol–water partition coefficient (Wildman–Crippen LogP) is 7.92. The molecule has 1 unspecified atom stereocenters. The molecule has 0 heterocycles. The molecule has 0 aromatic heterocycles. The average Bonchev–Trinajstić information content (AvgIpc) is 3.52. The number of aliphatic hydroxyl groups is 1. The first-order valence-corrected chi connectivity index (χ1v) is 17.6. The van der Waals surface area contributed by atoms with Crippen molar-refractivity contribution in [2.45, 2.75) is 124 Å². The summed E-state index contributed by atoms with van der Waals surface area (Å²) in [6, 6.07) is 0. The minimum absolute atomic E-state index is 0.0246. The highest BCUT2D eigenvalue weighted by atomic mass is 16.3. The SMILES string of the molecule is C[C@@]12CCC[C@H]1[C@@H]1CCC3C(O)=CC(=O)C(=O)[C@]3(C)[C@H]1CC2.C[C@]12CCC(=O)C=C1CC[C@@H]1[C@@H]2CC[C@]2(C)C(=O)CC[C@@H]12. The van der Waals surface area contributed by atoms with E-state index in [4.69, 9.17) is 0 Å². The molecule has 0 aromatic rings. The summed E-state index contributed by atoms with van der Waals surface area (Å²) in [6.07, 6.45) is 19.5. The molecule has 234 valence electrons. The largest absolute Gasteiger partial charge is 0.512 e. The molecular weight excluding hydrogens is 536 g/mol. The van der Waals surface area contributed by atoms with E-state index in [0.29, 0.717) is 46.6 Å². The van der Waals surface area contributed by atoms with Crippen molar-refractivity contribution < 1.29 is 24.3 Å². The van der Waals surface area contributed by atoms with Gasteiger partial charge in [-0.05, 0) is 129 Å². The van der Waals surface area contributed by atoms with Crippen LogP contribution in [0.25, 0.3) is 0 Å². The van der Waals surface area contributed by atoms with E-state index >= 15 is 0 Å². The third kappa shape index (κ3) is 4.14. The van der Waals surface area contributed by atoms with E-state index in [1.165, 1.54) is 50.2 Å². The molecule has 5 heteroatoms. The number of rotatable bonds is 0. The summed E-state index contributed by atoms with van der Waals surface area (Å²) in [4.78, 5) is 48.9.